The van der Waals surface area contributed by atoms with Gasteiger partial charge in [-0.05, 0) is 12.1 Å². The second-order valence-electron chi connectivity index (χ2n) is 4.11. The number of carboxylic acid groups (broad SMARTS) is 1. The maximum Gasteiger partial charge on any atom is 0.338 e. The number of aromatic nitrogens is 4. The normalized spacial score (nSPS) is 10.3. The van der Waals surface area contributed by atoms with E-state index in [4.69, 9.17) is 9.84 Å². The van der Waals surface area contributed by atoms with Gasteiger partial charge in [-0.3, -0.25) is 0 Å². The maximum atomic E-state index is 10.8. The van der Waals surface area contributed by atoms with E-state index in [0.717, 1.165) is 0 Å². The molecule has 0 unspecified atom stereocenters. The van der Waals surface area contributed by atoms with Crippen LogP contribution in [0.5, 0.6) is 11.5 Å². The van der Waals surface area contributed by atoms with Crippen molar-refractivity contribution < 1.29 is 14.6 Å². The lowest BCUT2D eigenvalue weighted by molar-refractivity contribution is 0.0697. The lowest BCUT2D eigenvalue weighted by atomic mass is 10.3. The van der Waals surface area contributed by atoms with Gasteiger partial charge in [0.1, 0.15) is 5.75 Å². The first-order valence-corrected chi connectivity index (χ1v) is 6.05. The molecule has 21 heavy (non-hydrogen) atoms. The predicted molar refractivity (Wildman–Crippen MR) is 72.6 cm³/mol. The molecular weight excluding hydrogens is 272 g/mol. The standard InChI is InChI=1S/C14H10N4O3/c19-13(20)10-6-17-18(9-10)14-15-7-12(8-16-14)21-11-4-2-1-3-5-11/h1-9H,(H,19,20). The average Bonchev–Trinajstić information content (AvgIpc) is 2.99. The maximum absolute atomic E-state index is 10.8. The molecule has 0 saturated carbocycles. The van der Waals surface area contributed by atoms with Crippen LogP contribution in [-0.4, -0.2) is 30.8 Å². The monoisotopic (exact) mass is 282 g/mol. The van der Waals surface area contributed by atoms with Crippen molar-refractivity contribution in [3.63, 3.8) is 0 Å². The molecule has 0 spiro atoms. The molecule has 0 bridgehead atoms. The molecule has 3 rings (SSSR count). The van der Waals surface area contributed by atoms with Crippen LogP contribution in [0, 0.1) is 0 Å². The van der Waals surface area contributed by atoms with E-state index in [-0.39, 0.29) is 11.5 Å². The third-order valence-electron chi connectivity index (χ3n) is 2.63. The lowest BCUT2D eigenvalue weighted by Crippen LogP contribution is -2.01. The minimum atomic E-state index is -1.05. The SMILES string of the molecule is O=C(O)c1cnn(-c2ncc(Oc3ccccc3)cn2)c1. The second-order valence-corrected chi connectivity index (χ2v) is 4.11. The van der Waals surface area contributed by atoms with Gasteiger partial charge < -0.3 is 9.84 Å². The van der Waals surface area contributed by atoms with Crippen molar-refractivity contribution >= 4 is 5.97 Å². The summed E-state index contributed by atoms with van der Waals surface area (Å²) in [6.45, 7) is 0. The van der Waals surface area contributed by atoms with Crippen LogP contribution in [-0.2, 0) is 0 Å². The van der Waals surface area contributed by atoms with Crippen LogP contribution in [0.1, 0.15) is 10.4 Å². The quantitative estimate of drug-likeness (QED) is 0.788. The Morgan fingerprint density at radius 2 is 1.76 bits per heavy atom. The van der Waals surface area contributed by atoms with E-state index in [1.54, 1.807) is 0 Å². The minimum absolute atomic E-state index is 0.0724. The Kier molecular flexibility index (Phi) is 3.30. The van der Waals surface area contributed by atoms with Gasteiger partial charge in [0.2, 0.25) is 0 Å². The highest BCUT2D eigenvalue weighted by Gasteiger charge is 2.09. The number of para-hydroxylation sites is 1. The van der Waals surface area contributed by atoms with Crippen LogP contribution in [0.2, 0.25) is 0 Å². The minimum Gasteiger partial charge on any atom is -0.478 e. The molecule has 0 aliphatic rings. The Hall–Kier alpha value is -3.22. The summed E-state index contributed by atoms with van der Waals surface area (Å²) in [6.07, 6.45) is 5.57. The Balaban J connectivity index is 1.78. The first-order valence-electron chi connectivity index (χ1n) is 6.05. The number of ether oxygens (including phenoxy) is 1. The van der Waals surface area contributed by atoms with Crippen molar-refractivity contribution in [1.82, 2.24) is 19.7 Å². The number of carbonyl (C=O) groups is 1. The number of carboxylic acids is 1. The number of hydrogen-bond donors (Lipinski definition) is 1. The largest absolute Gasteiger partial charge is 0.478 e. The molecule has 0 radical (unpaired) electrons. The average molecular weight is 282 g/mol. The fraction of sp³-hybridized carbons (Fsp3) is 0. The van der Waals surface area contributed by atoms with Crippen LogP contribution in [0.15, 0.2) is 55.1 Å². The van der Waals surface area contributed by atoms with E-state index in [1.165, 1.54) is 29.5 Å². The van der Waals surface area contributed by atoms with Gasteiger partial charge in [0, 0.05) is 6.20 Å². The molecule has 2 heterocycles. The first-order chi connectivity index (χ1) is 10.2. The number of benzene rings is 1. The van der Waals surface area contributed by atoms with Gasteiger partial charge in [0.15, 0.2) is 5.75 Å². The highest BCUT2D eigenvalue weighted by Crippen LogP contribution is 2.19. The highest BCUT2D eigenvalue weighted by molar-refractivity contribution is 5.86. The van der Waals surface area contributed by atoms with Crippen molar-refractivity contribution in [3.8, 4) is 17.4 Å². The van der Waals surface area contributed by atoms with Crippen LogP contribution < -0.4 is 4.74 Å². The van der Waals surface area contributed by atoms with Crippen LogP contribution in [0.25, 0.3) is 5.95 Å². The van der Waals surface area contributed by atoms with E-state index < -0.39 is 5.97 Å². The molecule has 0 aliphatic carbocycles. The summed E-state index contributed by atoms with van der Waals surface area (Å²) in [5, 5.41) is 12.7. The summed E-state index contributed by atoms with van der Waals surface area (Å²) >= 11 is 0. The summed E-state index contributed by atoms with van der Waals surface area (Å²) in [6, 6.07) is 9.26. The molecule has 0 atom stereocenters. The summed E-state index contributed by atoms with van der Waals surface area (Å²) in [5.74, 6) is 0.379. The zero-order valence-corrected chi connectivity index (χ0v) is 10.7. The van der Waals surface area contributed by atoms with E-state index in [1.807, 2.05) is 30.3 Å². The van der Waals surface area contributed by atoms with Gasteiger partial charge in [-0.2, -0.15) is 5.10 Å². The summed E-state index contributed by atoms with van der Waals surface area (Å²) < 4.78 is 6.85. The van der Waals surface area contributed by atoms with Crippen molar-refractivity contribution in [3.05, 3.63) is 60.7 Å². The molecular formula is C14H10N4O3. The topological polar surface area (TPSA) is 90.1 Å². The van der Waals surface area contributed by atoms with Crippen LogP contribution >= 0.6 is 0 Å². The molecule has 104 valence electrons. The van der Waals surface area contributed by atoms with Gasteiger partial charge in [-0.15, -0.1) is 0 Å². The molecule has 0 saturated heterocycles. The lowest BCUT2D eigenvalue weighted by Gasteiger charge is -2.05. The van der Waals surface area contributed by atoms with E-state index >= 15 is 0 Å². The second kappa shape index (κ2) is 5.41. The van der Waals surface area contributed by atoms with Gasteiger partial charge in [0.05, 0.1) is 24.2 Å². The van der Waals surface area contributed by atoms with Gasteiger partial charge >= 0.3 is 5.97 Å². The molecule has 3 aromatic rings. The van der Waals surface area contributed by atoms with E-state index in [9.17, 15) is 4.79 Å². The molecule has 7 nitrogen and oxygen atoms in total. The van der Waals surface area contributed by atoms with Crippen molar-refractivity contribution in [2.45, 2.75) is 0 Å². The molecule has 7 heteroatoms. The Labute approximate surface area is 119 Å². The number of aromatic carboxylic acids is 1. The summed E-state index contributed by atoms with van der Waals surface area (Å²) in [5.41, 5.74) is 0.0724. The predicted octanol–water partition coefficient (Wildman–Crippen LogP) is 2.15. The summed E-state index contributed by atoms with van der Waals surface area (Å²) in [7, 11) is 0. The molecule has 0 amide bonds. The smallest absolute Gasteiger partial charge is 0.338 e. The molecule has 0 aliphatic heterocycles. The zero-order chi connectivity index (χ0) is 14.7. The molecule has 0 fully saturated rings. The number of hydrogen-bond acceptors (Lipinski definition) is 5. The third kappa shape index (κ3) is 2.86. The number of nitrogens with zero attached hydrogens (tertiary/aromatic N) is 4. The fourth-order valence-electron chi connectivity index (χ4n) is 1.65. The van der Waals surface area contributed by atoms with Crippen LogP contribution in [0.4, 0.5) is 0 Å². The highest BCUT2D eigenvalue weighted by atomic mass is 16.5. The van der Waals surface area contributed by atoms with Gasteiger partial charge in [-0.25, -0.2) is 19.4 Å². The van der Waals surface area contributed by atoms with Gasteiger partial charge in [-0.1, -0.05) is 18.2 Å². The van der Waals surface area contributed by atoms with E-state index in [0.29, 0.717) is 11.5 Å². The van der Waals surface area contributed by atoms with E-state index in [2.05, 4.69) is 15.1 Å². The molecule has 1 N–H and O–H groups in total. The fourth-order valence-corrected chi connectivity index (χ4v) is 1.65. The van der Waals surface area contributed by atoms with Crippen molar-refractivity contribution in [2.75, 3.05) is 0 Å². The van der Waals surface area contributed by atoms with Crippen LogP contribution in [0.3, 0.4) is 0 Å². The Morgan fingerprint density at radius 1 is 1.05 bits per heavy atom. The Bertz CT molecular complexity index is 753. The number of rotatable bonds is 4. The first kappa shape index (κ1) is 12.8. The third-order valence-corrected chi connectivity index (χ3v) is 2.63. The zero-order valence-electron chi connectivity index (χ0n) is 10.7. The molecule has 2 aromatic heterocycles. The summed E-state index contributed by atoms with van der Waals surface area (Å²) in [4.78, 5) is 19.0. The van der Waals surface area contributed by atoms with Crippen molar-refractivity contribution in [1.29, 1.82) is 0 Å². The van der Waals surface area contributed by atoms with Crippen molar-refractivity contribution in [2.24, 2.45) is 0 Å². The Morgan fingerprint density at radius 3 is 2.38 bits per heavy atom. The molecule has 1 aromatic carbocycles. The van der Waals surface area contributed by atoms with Gasteiger partial charge in [0.25, 0.3) is 5.95 Å².